The molecule has 0 aromatic carbocycles. The number of unbranched alkanes of at least 4 members (excludes halogenated alkanes) is 17. The van der Waals surface area contributed by atoms with Crippen LogP contribution in [0.1, 0.15) is 175 Å². The van der Waals surface area contributed by atoms with Gasteiger partial charge in [0, 0.05) is 0 Å². The van der Waals surface area contributed by atoms with Crippen LogP contribution < -0.4 is 0 Å². The van der Waals surface area contributed by atoms with Crippen LogP contribution in [0.5, 0.6) is 0 Å². The van der Waals surface area contributed by atoms with Gasteiger partial charge in [0.1, 0.15) is 0 Å². The second kappa shape index (κ2) is 26.1. The van der Waals surface area contributed by atoms with Crippen molar-refractivity contribution < 1.29 is 9.53 Å². The molecule has 0 heterocycles. The molecule has 33 heavy (non-hydrogen) atoms. The smallest absolute Gasteiger partial charge is 0.308 e. The number of ether oxygens (including phenoxy) is 1. The van der Waals surface area contributed by atoms with Gasteiger partial charge in [-0.25, -0.2) is 0 Å². The summed E-state index contributed by atoms with van der Waals surface area (Å²) < 4.78 is 5.82. The summed E-state index contributed by atoms with van der Waals surface area (Å²) in [6, 6.07) is 0. The van der Waals surface area contributed by atoms with Gasteiger partial charge in [-0.05, 0) is 25.2 Å². The van der Waals surface area contributed by atoms with Crippen LogP contribution in [0.2, 0.25) is 0 Å². The third kappa shape index (κ3) is 23.0. The van der Waals surface area contributed by atoms with E-state index in [2.05, 4.69) is 27.7 Å². The topological polar surface area (TPSA) is 26.3 Å². The molecule has 0 N–H and O–H groups in total. The molecule has 2 nitrogen and oxygen atoms in total. The molecule has 198 valence electrons. The monoisotopic (exact) mass is 466 g/mol. The van der Waals surface area contributed by atoms with Gasteiger partial charge in [0.15, 0.2) is 0 Å². The van der Waals surface area contributed by atoms with Gasteiger partial charge >= 0.3 is 5.97 Å². The number of hydrogen-bond donors (Lipinski definition) is 0. The van der Waals surface area contributed by atoms with Crippen LogP contribution in [0, 0.1) is 11.8 Å². The maximum Gasteiger partial charge on any atom is 0.308 e. The SMILES string of the molecule is CCCCCCCCCCCCC(CCCCCCCC)COC(=O)C(C)CCCCCC. The van der Waals surface area contributed by atoms with E-state index in [9.17, 15) is 4.79 Å². The predicted octanol–water partition coefficient (Wildman–Crippen LogP) is 10.8. The molecular formula is C31H62O2. The Balaban J connectivity index is 4.10. The van der Waals surface area contributed by atoms with Crippen molar-refractivity contribution in [2.45, 2.75) is 175 Å². The van der Waals surface area contributed by atoms with E-state index in [0.29, 0.717) is 12.5 Å². The van der Waals surface area contributed by atoms with Crippen molar-refractivity contribution in [3.05, 3.63) is 0 Å². The van der Waals surface area contributed by atoms with Crippen molar-refractivity contribution >= 4 is 5.97 Å². The third-order valence-electron chi connectivity index (χ3n) is 7.29. The second-order valence-corrected chi connectivity index (χ2v) is 10.8. The molecule has 0 bridgehead atoms. The van der Waals surface area contributed by atoms with Crippen LogP contribution in [-0.2, 0) is 9.53 Å². The molecule has 0 radical (unpaired) electrons. The molecule has 2 heteroatoms. The highest BCUT2D eigenvalue weighted by atomic mass is 16.5. The Kier molecular flexibility index (Phi) is 25.7. The predicted molar refractivity (Wildman–Crippen MR) is 147 cm³/mol. The molecule has 2 atom stereocenters. The Morgan fingerprint density at radius 2 is 0.848 bits per heavy atom. The van der Waals surface area contributed by atoms with Crippen LogP contribution in [0.3, 0.4) is 0 Å². The van der Waals surface area contributed by atoms with E-state index in [1.165, 1.54) is 135 Å². The largest absolute Gasteiger partial charge is 0.465 e. The Bertz CT molecular complexity index is 392. The molecule has 0 aliphatic heterocycles. The lowest BCUT2D eigenvalue weighted by atomic mass is 9.94. The van der Waals surface area contributed by atoms with E-state index < -0.39 is 0 Å². The maximum absolute atomic E-state index is 12.5. The van der Waals surface area contributed by atoms with E-state index in [1.807, 2.05) is 0 Å². The summed E-state index contributed by atoms with van der Waals surface area (Å²) in [4.78, 5) is 12.5. The van der Waals surface area contributed by atoms with Gasteiger partial charge in [0.25, 0.3) is 0 Å². The van der Waals surface area contributed by atoms with Gasteiger partial charge in [-0.15, -0.1) is 0 Å². The first-order valence-electron chi connectivity index (χ1n) is 15.3. The average molecular weight is 467 g/mol. The van der Waals surface area contributed by atoms with Crippen molar-refractivity contribution in [2.75, 3.05) is 6.61 Å². The normalized spacial score (nSPS) is 13.2. The minimum atomic E-state index is 0.0440. The fourth-order valence-electron chi connectivity index (χ4n) is 4.78. The van der Waals surface area contributed by atoms with Gasteiger partial charge in [-0.3, -0.25) is 4.79 Å². The minimum Gasteiger partial charge on any atom is -0.465 e. The molecule has 0 aromatic heterocycles. The number of esters is 1. The minimum absolute atomic E-state index is 0.0440. The number of carbonyl (C=O) groups excluding carboxylic acids is 1. The Morgan fingerprint density at radius 1 is 0.515 bits per heavy atom. The zero-order valence-electron chi connectivity index (χ0n) is 23.4. The van der Waals surface area contributed by atoms with Gasteiger partial charge < -0.3 is 4.74 Å². The molecule has 0 rings (SSSR count). The first-order chi connectivity index (χ1) is 16.2. The van der Waals surface area contributed by atoms with Crippen LogP contribution in [0.25, 0.3) is 0 Å². The molecule has 0 aliphatic carbocycles. The van der Waals surface area contributed by atoms with E-state index >= 15 is 0 Å². The molecule has 2 unspecified atom stereocenters. The highest BCUT2D eigenvalue weighted by Crippen LogP contribution is 2.21. The quantitative estimate of drug-likeness (QED) is 0.0935. The summed E-state index contributed by atoms with van der Waals surface area (Å²) in [6.45, 7) is 9.51. The maximum atomic E-state index is 12.5. The summed E-state index contributed by atoms with van der Waals surface area (Å²) in [6.07, 6.45) is 30.3. The van der Waals surface area contributed by atoms with Crippen LogP contribution in [0.4, 0.5) is 0 Å². The zero-order valence-corrected chi connectivity index (χ0v) is 23.4. The highest BCUT2D eigenvalue weighted by Gasteiger charge is 2.17. The number of hydrogen-bond acceptors (Lipinski definition) is 2. The van der Waals surface area contributed by atoms with Crippen LogP contribution in [-0.4, -0.2) is 12.6 Å². The molecule has 0 fully saturated rings. The lowest BCUT2D eigenvalue weighted by Gasteiger charge is -2.19. The lowest BCUT2D eigenvalue weighted by molar-refractivity contribution is -0.149. The number of carbonyl (C=O) groups is 1. The van der Waals surface area contributed by atoms with Gasteiger partial charge in [-0.2, -0.15) is 0 Å². The fourth-order valence-corrected chi connectivity index (χ4v) is 4.78. The molecule has 0 spiro atoms. The summed E-state index contributed by atoms with van der Waals surface area (Å²) in [5, 5.41) is 0. The van der Waals surface area contributed by atoms with E-state index in [4.69, 9.17) is 4.74 Å². The summed E-state index contributed by atoms with van der Waals surface area (Å²) in [5.74, 6) is 0.679. The van der Waals surface area contributed by atoms with Gasteiger partial charge in [0.2, 0.25) is 0 Å². The van der Waals surface area contributed by atoms with Crippen molar-refractivity contribution in [1.82, 2.24) is 0 Å². The summed E-state index contributed by atoms with van der Waals surface area (Å²) in [5.41, 5.74) is 0. The van der Waals surface area contributed by atoms with Crippen molar-refractivity contribution in [1.29, 1.82) is 0 Å². The average Bonchev–Trinajstić information content (AvgIpc) is 2.82. The van der Waals surface area contributed by atoms with Crippen LogP contribution >= 0.6 is 0 Å². The Morgan fingerprint density at radius 3 is 1.27 bits per heavy atom. The lowest BCUT2D eigenvalue weighted by Crippen LogP contribution is -2.20. The second-order valence-electron chi connectivity index (χ2n) is 10.8. The van der Waals surface area contributed by atoms with Gasteiger partial charge in [-0.1, -0.05) is 156 Å². The van der Waals surface area contributed by atoms with Crippen molar-refractivity contribution in [3.8, 4) is 0 Å². The zero-order chi connectivity index (χ0) is 24.4. The van der Waals surface area contributed by atoms with Crippen molar-refractivity contribution in [3.63, 3.8) is 0 Å². The van der Waals surface area contributed by atoms with Crippen molar-refractivity contribution in [2.24, 2.45) is 11.8 Å². The molecular weight excluding hydrogens is 404 g/mol. The first kappa shape index (κ1) is 32.5. The molecule has 0 saturated carbocycles. The standard InChI is InChI=1S/C31H62O2/c1-5-8-11-14-16-17-18-19-21-24-27-30(26-23-20-15-12-9-6-2)28-33-31(32)29(4)25-22-13-10-7-3/h29-30H,5-28H2,1-4H3. The summed E-state index contributed by atoms with van der Waals surface area (Å²) >= 11 is 0. The van der Waals surface area contributed by atoms with Crippen LogP contribution in [0.15, 0.2) is 0 Å². The van der Waals surface area contributed by atoms with E-state index in [-0.39, 0.29) is 11.9 Å². The molecule has 0 amide bonds. The van der Waals surface area contributed by atoms with E-state index in [1.54, 1.807) is 0 Å². The fraction of sp³-hybridized carbons (Fsp3) is 0.968. The Hall–Kier alpha value is -0.530. The molecule has 0 saturated heterocycles. The number of rotatable bonds is 26. The third-order valence-corrected chi connectivity index (χ3v) is 7.29. The molecule has 0 aromatic rings. The van der Waals surface area contributed by atoms with Gasteiger partial charge in [0.05, 0.1) is 12.5 Å². The first-order valence-corrected chi connectivity index (χ1v) is 15.3. The molecule has 0 aliphatic rings. The Labute approximate surface area is 209 Å². The summed E-state index contributed by atoms with van der Waals surface area (Å²) in [7, 11) is 0. The highest BCUT2D eigenvalue weighted by molar-refractivity contribution is 5.71. The van der Waals surface area contributed by atoms with E-state index in [0.717, 1.165) is 12.8 Å².